The third-order valence-corrected chi connectivity index (χ3v) is 7.06. The molecule has 0 unspecified atom stereocenters. The van der Waals surface area contributed by atoms with E-state index in [0.29, 0.717) is 16.6 Å². The number of halogens is 1. The van der Waals surface area contributed by atoms with E-state index < -0.39 is 18.0 Å². The van der Waals surface area contributed by atoms with E-state index in [2.05, 4.69) is 38.7 Å². The van der Waals surface area contributed by atoms with Crippen LogP contribution in [0.1, 0.15) is 33.8 Å². The topological polar surface area (TPSA) is 105 Å². The molecule has 1 fully saturated rings. The van der Waals surface area contributed by atoms with Gasteiger partial charge in [-0.2, -0.15) is 0 Å². The first kappa shape index (κ1) is 23.1. The molecule has 2 aliphatic rings. The Labute approximate surface area is 210 Å². The van der Waals surface area contributed by atoms with Crippen LogP contribution in [0.3, 0.4) is 0 Å². The molecule has 178 valence electrons. The lowest BCUT2D eigenvalue weighted by Crippen LogP contribution is -2.28. The molecule has 1 saturated carbocycles. The molecule has 0 spiro atoms. The third kappa shape index (κ3) is 4.79. The van der Waals surface area contributed by atoms with E-state index in [1.54, 1.807) is 18.2 Å². The smallest absolute Gasteiger partial charge is 0.411 e. The summed E-state index contributed by atoms with van der Waals surface area (Å²) in [6.07, 6.45) is -0.104. The first-order valence-corrected chi connectivity index (χ1v) is 12.1. The molecule has 2 aliphatic carbocycles. The molecule has 3 aromatic carbocycles. The first-order chi connectivity index (χ1) is 16.9. The van der Waals surface area contributed by atoms with Crippen molar-refractivity contribution in [1.82, 2.24) is 5.32 Å². The van der Waals surface area contributed by atoms with Gasteiger partial charge in [0.1, 0.15) is 6.61 Å². The summed E-state index contributed by atoms with van der Waals surface area (Å²) in [4.78, 5) is 36.5. The molecule has 35 heavy (non-hydrogen) atoms. The molecule has 3 aromatic rings. The zero-order chi connectivity index (χ0) is 24.5. The monoisotopic (exact) mass is 534 g/mol. The summed E-state index contributed by atoms with van der Waals surface area (Å²) in [5, 5.41) is 14.5. The van der Waals surface area contributed by atoms with Crippen LogP contribution in [0.5, 0.6) is 0 Å². The summed E-state index contributed by atoms with van der Waals surface area (Å²) in [6.45, 7) is 0.434. The number of anilines is 1. The van der Waals surface area contributed by atoms with Gasteiger partial charge in [0.25, 0.3) is 5.91 Å². The van der Waals surface area contributed by atoms with Gasteiger partial charge in [0, 0.05) is 16.9 Å². The molecule has 0 heterocycles. The quantitative estimate of drug-likeness (QED) is 0.383. The number of carbonyl (C=O) groups is 3. The number of nitrogens with one attached hydrogen (secondary N) is 2. The van der Waals surface area contributed by atoms with Gasteiger partial charge in [0.2, 0.25) is 0 Å². The molecule has 0 aromatic heterocycles. The average Bonchev–Trinajstić information content (AvgIpc) is 3.57. The van der Waals surface area contributed by atoms with Gasteiger partial charge in [0.05, 0.1) is 17.2 Å². The Balaban J connectivity index is 1.25. The lowest BCUT2D eigenvalue weighted by Gasteiger charge is -2.16. The van der Waals surface area contributed by atoms with Gasteiger partial charge in [-0.15, -0.1) is 0 Å². The highest BCUT2D eigenvalue weighted by Gasteiger charge is 2.43. The second-order valence-electron chi connectivity index (χ2n) is 8.79. The maximum Gasteiger partial charge on any atom is 0.411 e. The number of carboxylic acids is 1. The van der Waals surface area contributed by atoms with Gasteiger partial charge in [-0.25, -0.2) is 4.79 Å². The Morgan fingerprint density at radius 2 is 1.63 bits per heavy atom. The van der Waals surface area contributed by atoms with Crippen molar-refractivity contribution >= 4 is 39.6 Å². The number of amides is 2. The maximum absolute atomic E-state index is 12.7. The summed E-state index contributed by atoms with van der Waals surface area (Å²) < 4.78 is 6.30. The largest absolute Gasteiger partial charge is 0.481 e. The van der Waals surface area contributed by atoms with Crippen LogP contribution in [-0.2, 0) is 9.53 Å². The molecule has 0 radical (unpaired) electrons. The van der Waals surface area contributed by atoms with Crippen molar-refractivity contribution in [2.75, 3.05) is 18.5 Å². The molecular weight excluding hydrogens is 512 g/mol. The normalized spacial score (nSPS) is 17.7. The summed E-state index contributed by atoms with van der Waals surface area (Å²) in [6, 6.07) is 21.1. The van der Waals surface area contributed by atoms with Crippen LogP contribution >= 0.6 is 15.9 Å². The van der Waals surface area contributed by atoms with E-state index in [1.165, 1.54) is 0 Å². The Kier molecular flexibility index (Phi) is 6.30. The number of aliphatic carboxylic acids is 1. The number of hydrogen-bond acceptors (Lipinski definition) is 4. The summed E-state index contributed by atoms with van der Waals surface area (Å²) in [5.41, 5.74) is 5.09. The van der Waals surface area contributed by atoms with Gasteiger partial charge in [-0.1, -0.05) is 64.5 Å². The number of rotatable bonds is 7. The van der Waals surface area contributed by atoms with Crippen molar-refractivity contribution in [1.29, 1.82) is 0 Å². The Morgan fingerprint density at radius 3 is 2.26 bits per heavy atom. The lowest BCUT2D eigenvalue weighted by atomic mass is 9.98. The molecule has 0 saturated heterocycles. The fourth-order valence-corrected chi connectivity index (χ4v) is 5.02. The van der Waals surface area contributed by atoms with Crippen molar-refractivity contribution < 1.29 is 24.2 Å². The molecule has 0 bridgehead atoms. The Bertz CT molecular complexity index is 1280. The number of carboxylic acid groups (broad SMARTS) is 1. The van der Waals surface area contributed by atoms with Crippen LogP contribution < -0.4 is 10.6 Å². The SMILES string of the molecule is O=C(Nc1cc(Br)ccc1C(=O)NC[C@@H]1C[C@@H]1C(=O)O)OCC1c2ccccc2-c2ccccc21. The summed E-state index contributed by atoms with van der Waals surface area (Å²) >= 11 is 3.37. The molecule has 2 atom stereocenters. The van der Waals surface area contributed by atoms with Crippen molar-refractivity contribution in [3.63, 3.8) is 0 Å². The number of hydrogen-bond donors (Lipinski definition) is 3. The standard InChI is InChI=1S/C27H23BrN2O5/c28-16-9-10-21(25(31)29-13-15-11-22(15)26(32)33)24(12-16)30-27(34)35-14-23-19-7-3-1-5-17(19)18-6-2-4-8-20(18)23/h1-10,12,15,22-23H,11,13-14H2,(H,29,31)(H,30,34)(H,32,33)/t15-,22-/m0/s1. The molecule has 2 amide bonds. The van der Waals surface area contributed by atoms with Crippen LogP contribution in [0.4, 0.5) is 10.5 Å². The molecule has 5 rings (SSSR count). The average molecular weight is 535 g/mol. The second-order valence-corrected chi connectivity index (χ2v) is 9.71. The number of fused-ring (bicyclic) bond motifs is 3. The van der Waals surface area contributed by atoms with Gasteiger partial charge in [0.15, 0.2) is 0 Å². The molecule has 7 nitrogen and oxygen atoms in total. The highest BCUT2D eigenvalue weighted by atomic mass is 79.9. The predicted molar refractivity (Wildman–Crippen MR) is 134 cm³/mol. The molecule has 8 heteroatoms. The van der Waals surface area contributed by atoms with Gasteiger partial charge in [-0.3, -0.25) is 14.9 Å². The lowest BCUT2D eigenvalue weighted by molar-refractivity contribution is -0.138. The molecule has 0 aliphatic heterocycles. The predicted octanol–water partition coefficient (Wildman–Crippen LogP) is 5.26. The van der Waals surface area contributed by atoms with E-state index >= 15 is 0 Å². The minimum atomic E-state index is -0.842. The van der Waals surface area contributed by atoms with Crippen LogP contribution in [0.25, 0.3) is 11.1 Å². The third-order valence-electron chi connectivity index (χ3n) is 6.57. The number of benzene rings is 3. The van der Waals surface area contributed by atoms with Crippen LogP contribution in [0, 0.1) is 11.8 Å². The zero-order valence-corrected chi connectivity index (χ0v) is 20.2. The van der Waals surface area contributed by atoms with E-state index in [0.717, 1.165) is 22.3 Å². The van der Waals surface area contributed by atoms with Crippen molar-refractivity contribution in [3.05, 3.63) is 87.9 Å². The second kappa shape index (κ2) is 9.54. The van der Waals surface area contributed by atoms with E-state index in [-0.39, 0.29) is 36.5 Å². The van der Waals surface area contributed by atoms with Crippen LogP contribution in [-0.4, -0.2) is 36.2 Å². The summed E-state index contributed by atoms with van der Waals surface area (Å²) in [5.74, 6) is -1.77. The Hall–Kier alpha value is -3.65. The highest BCUT2D eigenvalue weighted by molar-refractivity contribution is 9.10. The molecule has 3 N–H and O–H groups in total. The fraction of sp³-hybridized carbons (Fsp3) is 0.222. The van der Waals surface area contributed by atoms with Crippen molar-refractivity contribution in [3.8, 4) is 11.1 Å². The zero-order valence-electron chi connectivity index (χ0n) is 18.7. The fourth-order valence-electron chi connectivity index (χ4n) is 4.66. The van der Waals surface area contributed by atoms with Gasteiger partial charge >= 0.3 is 12.1 Å². The number of carbonyl (C=O) groups excluding carboxylic acids is 2. The van der Waals surface area contributed by atoms with E-state index in [4.69, 9.17) is 9.84 Å². The van der Waals surface area contributed by atoms with Crippen molar-refractivity contribution in [2.45, 2.75) is 12.3 Å². The van der Waals surface area contributed by atoms with E-state index in [1.807, 2.05) is 36.4 Å². The van der Waals surface area contributed by atoms with Crippen LogP contribution in [0.2, 0.25) is 0 Å². The van der Waals surface area contributed by atoms with Crippen LogP contribution in [0.15, 0.2) is 71.2 Å². The van der Waals surface area contributed by atoms with E-state index in [9.17, 15) is 14.4 Å². The van der Waals surface area contributed by atoms with Gasteiger partial charge < -0.3 is 15.2 Å². The first-order valence-electron chi connectivity index (χ1n) is 11.3. The maximum atomic E-state index is 12.7. The Morgan fingerprint density at radius 1 is 0.971 bits per heavy atom. The summed E-state index contributed by atoms with van der Waals surface area (Å²) in [7, 11) is 0. The van der Waals surface area contributed by atoms with Gasteiger partial charge in [-0.05, 0) is 52.8 Å². The highest BCUT2D eigenvalue weighted by Crippen LogP contribution is 2.44. The minimum absolute atomic E-state index is 0.0644. The minimum Gasteiger partial charge on any atom is -0.481 e. The van der Waals surface area contributed by atoms with Crippen molar-refractivity contribution in [2.24, 2.45) is 11.8 Å². The molecular formula is C27H23BrN2O5. The number of ether oxygens (including phenoxy) is 1.